The lowest BCUT2D eigenvalue weighted by atomic mass is 10.3. The lowest BCUT2D eigenvalue weighted by molar-refractivity contribution is -0.138. The number of amides is 3. The van der Waals surface area contributed by atoms with Crippen LogP contribution in [-0.2, 0) is 9.59 Å². The molecule has 19 heavy (non-hydrogen) atoms. The number of hydrogen-bond acceptors (Lipinski definition) is 3. The standard InChI is InChI=1S/C11H10Br2N2O4/c12-6-1-2-7(13)8(5-6)14-11(19)15-9(16)3-4-10(17)18/h1-2,5H,3-4H2,(H,17,18)(H2,14,15,16,19). The Hall–Kier alpha value is -1.41. The molecule has 1 aromatic carbocycles. The first-order valence-corrected chi connectivity index (χ1v) is 6.75. The van der Waals surface area contributed by atoms with Crippen LogP contribution in [-0.4, -0.2) is 23.0 Å². The van der Waals surface area contributed by atoms with Gasteiger partial charge in [0.1, 0.15) is 0 Å². The predicted molar refractivity (Wildman–Crippen MR) is 75.9 cm³/mol. The van der Waals surface area contributed by atoms with Gasteiger partial charge in [-0.15, -0.1) is 0 Å². The van der Waals surface area contributed by atoms with Crippen LogP contribution in [0, 0.1) is 0 Å². The molecule has 6 nitrogen and oxygen atoms in total. The number of urea groups is 1. The quantitative estimate of drug-likeness (QED) is 0.732. The van der Waals surface area contributed by atoms with E-state index in [1.165, 1.54) is 0 Å². The van der Waals surface area contributed by atoms with E-state index in [9.17, 15) is 14.4 Å². The van der Waals surface area contributed by atoms with Crippen LogP contribution >= 0.6 is 31.9 Å². The number of benzene rings is 1. The van der Waals surface area contributed by atoms with E-state index in [-0.39, 0.29) is 12.8 Å². The van der Waals surface area contributed by atoms with E-state index in [4.69, 9.17) is 5.11 Å². The molecule has 0 aliphatic heterocycles. The van der Waals surface area contributed by atoms with Crippen molar-refractivity contribution in [2.24, 2.45) is 0 Å². The summed E-state index contributed by atoms with van der Waals surface area (Å²) in [6, 6.07) is 4.46. The van der Waals surface area contributed by atoms with Gasteiger partial charge in [0.2, 0.25) is 5.91 Å². The Morgan fingerprint density at radius 3 is 2.47 bits per heavy atom. The maximum atomic E-state index is 11.5. The summed E-state index contributed by atoms with van der Waals surface area (Å²) in [4.78, 5) is 33.0. The Bertz CT molecular complexity index is 519. The van der Waals surface area contributed by atoms with Crippen molar-refractivity contribution in [1.29, 1.82) is 0 Å². The zero-order valence-electron chi connectivity index (χ0n) is 9.57. The highest BCUT2D eigenvalue weighted by Crippen LogP contribution is 2.25. The number of carboxylic acid groups (broad SMARTS) is 1. The van der Waals surface area contributed by atoms with Crippen molar-refractivity contribution < 1.29 is 19.5 Å². The van der Waals surface area contributed by atoms with Gasteiger partial charge in [0.15, 0.2) is 0 Å². The summed E-state index contributed by atoms with van der Waals surface area (Å²) < 4.78 is 1.42. The third kappa shape index (κ3) is 5.84. The lowest BCUT2D eigenvalue weighted by Crippen LogP contribution is -2.34. The molecule has 0 saturated heterocycles. The molecule has 0 unspecified atom stereocenters. The SMILES string of the molecule is O=C(O)CCC(=O)NC(=O)Nc1cc(Br)ccc1Br. The summed E-state index contributed by atoms with van der Waals surface area (Å²) >= 11 is 6.50. The van der Waals surface area contributed by atoms with Crippen molar-refractivity contribution in [3.63, 3.8) is 0 Å². The van der Waals surface area contributed by atoms with Gasteiger partial charge in [0, 0.05) is 15.4 Å². The summed E-state index contributed by atoms with van der Waals surface area (Å²) in [6.07, 6.45) is -0.567. The van der Waals surface area contributed by atoms with Gasteiger partial charge in [-0.2, -0.15) is 0 Å². The summed E-state index contributed by atoms with van der Waals surface area (Å²) in [6.45, 7) is 0. The fraction of sp³-hybridized carbons (Fsp3) is 0.182. The van der Waals surface area contributed by atoms with Crippen LogP contribution in [0.5, 0.6) is 0 Å². The number of aliphatic carboxylic acids is 1. The largest absolute Gasteiger partial charge is 0.481 e. The highest BCUT2D eigenvalue weighted by molar-refractivity contribution is 9.11. The van der Waals surface area contributed by atoms with Gasteiger partial charge in [-0.3, -0.25) is 14.9 Å². The predicted octanol–water partition coefficient (Wildman–Crippen LogP) is 2.72. The molecule has 0 atom stereocenters. The summed E-state index contributed by atoms with van der Waals surface area (Å²) in [7, 11) is 0. The van der Waals surface area contributed by atoms with Crippen LogP contribution in [0.2, 0.25) is 0 Å². The minimum Gasteiger partial charge on any atom is -0.481 e. The zero-order chi connectivity index (χ0) is 14.4. The van der Waals surface area contributed by atoms with Gasteiger partial charge >= 0.3 is 12.0 Å². The Morgan fingerprint density at radius 2 is 1.84 bits per heavy atom. The molecule has 0 aromatic heterocycles. The topological polar surface area (TPSA) is 95.5 Å². The maximum Gasteiger partial charge on any atom is 0.325 e. The fourth-order valence-corrected chi connectivity index (χ4v) is 1.86. The number of halogens is 2. The molecule has 0 spiro atoms. The second kappa shape index (κ2) is 7.25. The molecular weight excluding hydrogens is 384 g/mol. The van der Waals surface area contributed by atoms with Crippen LogP contribution in [0.15, 0.2) is 27.1 Å². The number of carboxylic acids is 1. The third-order valence-corrected chi connectivity index (χ3v) is 3.18. The number of imide groups is 1. The average Bonchev–Trinajstić information content (AvgIpc) is 2.31. The molecule has 3 amide bonds. The Labute approximate surface area is 125 Å². The summed E-state index contributed by atoms with van der Waals surface area (Å²) in [5.74, 6) is -1.74. The van der Waals surface area contributed by atoms with E-state index in [2.05, 4.69) is 37.2 Å². The van der Waals surface area contributed by atoms with Crippen LogP contribution in [0.4, 0.5) is 10.5 Å². The summed E-state index contributed by atoms with van der Waals surface area (Å²) in [5, 5.41) is 12.9. The molecular formula is C11H10Br2N2O4. The normalized spacial score (nSPS) is 9.79. The number of hydrogen-bond donors (Lipinski definition) is 3. The molecule has 0 fully saturated rings. The van der Waals surface area contributed by atoms with Gasteiger partial charge in [0.05, 0.1) is 12.1 Å². The molecule has 102 valence electrons. The van der Waals surface area contributed by atoms with Crippen molar-refractivity contribution in [1.82, 2.24) is 5.32 Å². The van der Waals surface area contributed by atoms with Crippen molar-refractivity contribution in [3.8, 4) is 0 Å². The van der Waals surface area contributed by atoms with E-state index in [0.717, 1.165) is 4.47 Å². The van der Waals surface area contributed by atoms with Crippen LogP contribution in [0.3, 0.4) is 0 Å². The molecule has 8 heteroatoms. The second-order valence-electron chi connectivity index (χ2n) is 3.52. The highest BCUT2D eigenvalue weighted by Gasteiger charge is 2.11. The van der Waals surface area contributed by atoms with Crippen molar-refractivity contribution in [2.45, 2.75) is 12.8 Å². The molecule has 1 aromatic rings. The van der Waals surface area contributed by atoms with Crippen LogP contribution in [0.25, 0.3) is 0 Å². The number of nitrogens with one attached hydrogen (secondary N) is 2. The minimum absolute atomic E-state index is 0.248. The van der Waals surface area contributed by atoms with Gasteiger partial charge in [-0.05, 0) is 34.1 Å². The molecule has 1 rings (SSSR count). The third-order valence-electron chi connectivity index (χ3n) is 2.00. The van der Waals surface area contributed by atoms with Gasteiger partial charge < -0.3 is 10.4 Å². The molecule has 0 bridgehead atoms. The number of anilines is 1. The van der Waals surface area contributed by atoms with Crippen molar-refractivity contribution in [2.75, 3.05) is 5.32 Å². The van der Waals surface area contributed by atoms with Crippen LogP contribution < -0.4 is 10.6 Å². The number of carbonyl (C=O) groups is 3. The number of rotatable bonds is 4. The van der Waals surface area contributed by atoms with E-state index >= 15 is 0 Å². The number of carbonyl (C=O) groups excluding carboxylic acids is 2. The van der Waals surface area contributed by atoms with E-state index in [0.29, 0.717) is 10.2 Å². The Kier molecular flexibility index (Phi) is 5.97. The lowest BCUT2D eigenvalue weighted by Gasteiger charge is -2.08. The second-order valence-corrected chi connectivity index (χ2v) is 5.29. The highest BCUT2D eigenvalue weighted by atomic mass is 79.9. The first-order chi connectivity index (χ1) is 8.88. The average molecular weight is 394 g/mol. The molecule has 3 N–H and O–H groups in total. The van der Waals surface area contributed by atoms with Gasteiger partial charge in [-0.25, -0.2) is 4.79 Å². The molecule has 0 heterocycles. The van der Waals surface area contributed by atoms with E-state index in [1.807, 2.05) is 5.32 Å². The monoisotopic (exact) mass is 392 g/mol. The first-order valence-electron chi connectivity index (χ1n) is 5.16. The van der Waals surface area contributed by atoms with Crippen molar-refractivity contribution >= 4 is 55.5 Å². The minimum atomic E-state index is -1.09. The molecule has 0 saturated carbocycles. The smallest absolute Gasteiger partial charge is 0.325 e. The Morgan fingerprint density at radius 1 is 1.16 bits per heavy atom. The Balaban J connectivity index is 2.53. The zero-order valence-corrected chi connectivity index (χ0v) is 12.7. The van der Waals surface area contributed by atoms with Gasteiger partial charge in [-0.1, -0.05) is 15.9 Å². The molecule has 0 radical (unpaired) electrons. The summed E-state index contributed by atoms with van der Waals surface area (Å²) in [5.41, 5.74) is 0.484. The van der Waals surface area contributed by atoms with E-state index in [1.54, 1.807) is 18.2 Å². The molecule has 0 aliphatic carbocycles. The van der Waals surface area contributed by atoms with Gasteiger partial charge in [0.25, 0.3) is 0 Å². The van der Waals surface area contributed by atoms with Crippen molar-refractivity contribution in [3.05, 3.63) is 27.1 Å². The maximum absolute atomic E-state index is 11.5. The van der Waals surface area contributed by atoms with E-state index < -0.39 is 17.9 Å². The molecule has 0 aliphatic rings. The van der Waals surface area contributed by atoms with Crippen LogP contribution in [0.1, 0.15) is 12.8 Å². The fourth-order valence-electron chi connectivity index (χ4n) is 1.16. The first kappa shape index (κ1) is 15.6.